The van der Waals surface area contributed by atoms with Crippen LogP contribution < -0.4 is 0 Å². The van der Waals surface area contributed by atoms with Gasteiger partial charge in [0.05, 0.1) is 10.7 Å². The number of halogens is 2. The monoisotopic (exact) mass is 360 g/mol. The molecule has 0 aliphatic carbocycles. The van der Waals surface area contributed by atoms with E-state index in [1.807, 2.05) is 6.07 Å². The maximum Gasteiger partial charge on any atom is 0.270 e. The van der Waals surface area contributed by atoms with Gasteiger partial charge in [0.15, 0.2) is 0 Å². The van der Waals surface area contributed by atoms with Gasteiger partial charge >= 0.3 is 0 Å². The largest absolute Gasteiger partial charge is 0.356 e. The van der Waals surface area contributed by atoms with Crippen LogP contribution in [0.5, 0.6) is 0 Å². The van der Waals surface area contributed by atoms with Crippen LogP contribution >= 0.6 is 11.6 Å². The lowest BCUT2D eigenvalue weighted by Gasteiger charge is -2.15. The molecule has 1 amide bonds. The van der Waals surface area contributed by atoms with E-state index in [0.29, 0.717) is 17.3 Å². The minimum atomic E-state index is -0.268. The molecule has 25 heavy (non-hydrogen) atoms. The van der Waals surface area contributed by atoms with Crippen molar-refractivity contribution >= 4 is 17.5 Å². The molecule has 0 radical (unpaired) electrons. The first kappa shape index (κ1) is 17.2. The first-order valence-electron chi connectivity index (χ1n) is 7.92. The summed E-state index contributed by atoms with van der Waals surface area (Å²) in [6.45, 7) is 0.611. The molecule has 3 aromatic rings. The van der Waals surface area contributed by atoms with Crippen LogP contribution in [-0.2, 0) is 6.42 Å². The lowest BCUT2D eigenvalue weighted by atomic mass is 10.1. The van der Waals surface area contributed by atoms with Crippen LogP contribution in [0.2, 0.25) is 5.02 Å². The van der Waals surface area contributed by atoms with E-state index in [1.54, 1.807) is 36.3 Å². The predicted octanol–water partition coefficient (Wildman–Crippen LogP) is 3.90. The molecule has 1 aromatic carbocycles. The number of rotatable bonds is 6. The fourth-order valence-corrected chi connectivity index (χ4v) is 2.73. The molecule has 0 atom stereocenters. The number of aryl methyl sites for hydroxylation is 1. The first-order valence-corrected chi connectivity index (χ1v) is 8.30. The highest BCUT2D eigenvalue weighted by molar-refractivity contribution is 6.30. The lowest BCUT2D eigenvalue weighted by Crippen LogP contribution is -2.28. The molecule has 0 saturated carbocycles. The number of carbonyl (C=O) groups excluding carboxylic acids is 1. The van der Waals surface area contributed by atoms with Crippen molar-refractivity contribution in [3.05, 3.63) is 64.8 Å². The normalized spacial score (nSPS) is 10.8. The highest BCUT2D eigenvalue weighted by Crippen LogP contribution is 2.18. The Bertz CT molecular complexity index is 856. The van der Waals surface area contributed by atoms with E-state index < -0.39 is 0 Å². The van der Waals surface area contributed by atoms with Gasteiger partial charge in [0.2, 0.25) is 0 Å². The number of carbonyl (C=O) groups is 1. The van der Waals surface area contributed by atoms with Crippen LogP contribution in [0.25, 0.3) is 11.3 Å². The highest BCUT2D eigenvalue weighted by atomic mass is 35.5. The second-order valence-corrected chi connectivity index (χ2v) is 6.28. The Kier molecular flexibility index (Phi) is 5.19. The van der Waals surface area contributed by atoms with Gasteiger partial charge < -0.3 is 9.88 Å². The summed E-state index contributed by atoms with van der Waals surface area (Å²) in [5, 5.41) is 7.75. The van der Waals surface area contributed by atoms with Crippen LogP contribution in [0.1, 0.15) is 22.6 Å². The molecule has 130 valence electrons. The summed E-state index contributed by atoms with van der Waals surface area (Å²) < 4.78 is 13.0. The van der Waals surface area contributed by atoms with Crippen molar-refractivity contribution in [1.29, 1.82) is 0 Å². The van der Waals surface area contributed by atoms with Gasteiger partial charge in [-0.25, -0.2) is 4.39 Å². The lowest BCUT2D eigenvalue weighted by molar-refractivity contribution is 0.0788. The van der Waals surface area contributed by atoms with Crippen molar-refractivity contribution in [2.45, 2.75) is 12.8 Å². The number of nitrogens with zero attached hydrogens (tertiary/aromatic N) is 2. The molecule has 0 spiro atoms. The van der Waals surface area contributed by atoms with Gasteiger partial charge in [-0.3, -0.25) is 9.89 Å². The Labute approximate surface area is 149 Å². The maximum atomic E-state index is 13.0. The Morgan fingerprint density at radius 1 is 1.28 bits per heavy atom. The second kappa shape index (κ2) is 7.53. The van der Waals surface area contributed by atoms with Crippen LogP contribution in [0.3, 0.4) is 0 Å². The molecule has 0 saturated heterocycles. The summed E-state index contributed by atoms with van der Waals surface area (Å²) in [5.41, 5.74) is 3.09. The van der Waals surface area contributed by atoms with E-state index in [4.69, 9.17) is 11.6 Å². The molecule has 0 fully saturated rings. The molecule has 2 aromatic heterocycles. The summed E-state index contributed by atoms with van der Waals surface area (Å²) in [7, 11) is 1.76. The molecule has 2 N–H and O–H groups in total. The van der Waals surface area contributed by atoms with Gasteiger partial charge in [0.25, 0.3) is 5.91 Å². The van der Waals surface area contributed by atoms with Gasteiger partial charge in [-0.15, -0.1) is 0 Å². The van der Waals surface area contributed by atoms with E-state index in [2.05, 4.69) is 15.2 Å². The third-order valence-electron chi connectivity index (χ3n) is 3.94. The fraction of sp³-hybridized carbons (Fsp3) is 0.222. The quantitative estimate of drug-likeness (QED) is 0.700. The van der Waals surface area contributed by atoms with Crippen LogP contribution in [0, 0.1) is 5.82 Å². The zero-order chi connectivity index (χ0) is 17.8. The minimum Gasteiger partial charge on any atom is -0.356 e. The van der Waals surface area contributed by atoms with E-state index in [-0.39, 0.29) is 11.7 Å². The fourth-order valence-electron chi connectivity index (χ4n) is 2.56. The number of nitrogens with one attached hydrogen (secondary N) is 2. The van der Waals surface area contributed by atoms with Crippen molar-refractivity contribution < 1.29 is 9.18 Å². The highest BCUT2D eigenvalue weighted by Gasteiger charge is 2.13. The molecule has 7 heteroatoms. The van der Waals surface area contributed by atoms with Crippen LogP contribution in [0.4, 0.5) is 4.39 Å². The predicted molar refractivity (Wildman–Crippen MR) is 95.1 cm³/mol. The van der Waals surface area contributed by atoms with Crippen molar-refractivity contribution in [1.82, 2.24) is 20.1 Å². The standard InChI is InChI=1S/C18H18ClFN4O/c1-24(18(25)17-9-13(19)11-21-17)8-2-3-15-10-16(23-22-15)12-4-6-14(20)7-5-12/h4-7,9-11,21H,2-3,8H2,1H3,(H,22,23). The molecule has 3 rings (SSSR count). The van der Waals surface area contributed by atoms with Gasteiger partial charge in [-0.2, -0.15) is 5.10 Å². The molecule has 0 aliphatic heterocycles. The Morgan fingerprint density at radius 3 is 2.72 bits per heavy atom. The molecule has 5 nitrogen and oxygen atoms in total. The summed E-state index contributed by atoms with van der Waals surface area (Å²) in [6, 6.07) is 9.78. The van der Waals surface area contributed by atoms with Gasteiger partial charge in [0, 0.05) is 31.0 Å². The van der Waals surface area contributed by atoms with Crippen molar-refractivity contribution in [3.63, 3.8) is 0 Å². The van der Waals surface area contributed by atoms with Crippen molar-refractivity contribution in [3.8, 4) is 11.3 Å². The number of benzene rings is 1. The average Bonchev–Trinajstić information content (AvgIpc) is 3.24. The summed E-state index contributed by atoms with van der Waals surface area (Å²) in [6.07, 6.45) is 3.14. The number of hydrogen-bond donors (Lipinski definition) is 2. The van der Waals surface area contributed by atoms with Crippen molar-refractivity contribution in [2.75, 3.05) is 13.6 Å². The zero-order valence-electron chi connectivity index (χ0n) is 13.7. The molecule has 2 heterocycles. The zero-order valence-corrected chi connectivity index (χ0v) is 14.5. The van der Waals surface area contributed by atoms with Gasteiger partial charge in [-0.1, -0.05) is 11.6 Å². The van der Waals surface area contributed by atoms with Crippen LogP contribution in [0.15, 0.2) is 42.6 Å². The number of aromatic nitrogens is 3. The number of amides is 1. The van der Waals surface area contributed by atoms with Crippen molar-refractivity contribution in [2.24, 2.45) is 0 Å². The Hall–Kier alpha value is -2.60. The molecule has 0 aliphatic rings. The smallest absolute Gasteiger partial charge is 0.270 e. The first-order chi connectivity index (χ1) is 12.0. The van der Waals surface area contributed by atoms with Crippen LogP contribution in [-0.4, -0.2) is 39.6 Å². The summed E-state index contributed by atoms with van der Waals surface area (Å²) >= 11 is 5.82. The number of aromatic amines is 2. The second-order valence-electron chi connectivity index (χ2n) is 5.85. The topological polar surface area (TPSA) is 64.8 Å². The van der Waals surface area contributed by atoms with E-state index in [9.17, 15) is 9.18 Å². The van der Waals surface area contributed by atoms with Gasteiger partial charge in [-0.05, 0) is 49.2 Å². The SMILES string of the molecule is CN(CCCc1cc(-c2ccc(F)cc2)n[nH]1)C(=O)c1cc(Cl)c[nH]1. The van der Waals surface area contributed by atoms with E-state index in [1.165, 1.54) is 12.1 Å². The molecule has 0 unspecified atom stereocenters. The third kappa shape index (κ3) is 4.28. The van der Waals surface area contributed by atoms with E-state index >= 15 is 0 Å². The number of hydrogen-bond acceptors (Lipinski definition) is 2. The minimum absolute atomic E-state index is 0.0940. The van der Waals surface area contributed by atoms with E-state index in [0.717, 1.165) is 29.8 Å². The Balaban J connectivity index is 1.52. The van der Waals surface area contributed by atoms with Gasteiger partial charge in [0.1, 0.15) is 11.5 Å². The Morgan fingerprint density at radius 2 is 2.04 bits per heavy atom. The average molecular weight is 361 g/mol. The summed E-state index contributed by atoms with van der Waals surface area (Å²) in [4.78, 5) is 16.7. The number of H-pyrrole nitrogens is 2. The third-order valence-corrected chi connectivity index (χ3v) is 4.15. The maximum absolute atomic E-state index is 13.0. The molecule has 0 bridgehead atoms. The molecular weight excluding hydrogens is 343 g/mol. The summed E-state index contributed by atoms with van der Waals surface area (Å²) in [5.74, 6) is -0.362. The molecular formula is C18H18ClFN4O.